The van der Waals surface area contributed by atoms with Crippen molar-refractivity contribution in [3.05, 3.63) is 70.3 Å². The van der Waals surface area contributed by atoms with Gasteiger partial charge < -0.3 is 0 Å². The van der Waals surface area contributed by atoms with Crippen LogP contribution in [0.5, 0.6) is 0 Å². The Bertz CT molecular complexity index is 509. The van der Waals surface area contributed by atoms with E-state index >= 15 is 0 Å². The standard InChI is InChI=1S/C14H11BrO/c1-10-6-8-12(15)9-7-11-4-2-3-5-13(11)14(10)16/h2-6,8-9H,1,7H2/b8-6-,12-9+. The second kappa shape index (κ2) is 4.62. The highest BCUT2D eigenvalue weighted by Crippen LogP contribution is 2.20. The van der Waals surface area contributed by atoms with E-state index in [0.717, 1.165) is 22.0 Å². The first-order chi connectivity index (χ1) is 7.68. The zero-order chi connectivity index (χ0) is 11.5. The van der Waals surface area contributed by atoms with E-state index in [2.05, 4.69) is 22.5 Å². The monoisotopic (exact) mass is 274 g/mol. The van der Waals surface area contributed by atoms with Crippen LogP contribution in [0.1, 0.15) is 15.9 Å². The van der Waals surface area contributed by atoms with Crippen LogP contribution >= 0.6 is 15.9 Å². The van der Waals surface area contributed by atoms with Crippen LogP contribution in [0.15, 0.2) is 59.1 Å². The Kier molecular flexibility index (Phi) is 3.20. The van der Waals surface area contributed by atoms with E-state index in [0.29, 0.717) is 5.57 Å². The van der Waals surface area contributed by atoms with Gasteiger partial charge in [-0.2, -0.15) is 0 Å². The van der Waals surface area contributed by atoms with Crippen molar-refractivity contribution in [1.82, 2.24) is 0 Å². The lowest BCUT2D eigenvalue weighted by Gasteiger charge is -2.05. The zero-order valence-corrected chi connectivity index (χ0v) is 10.3. The molecule has 0 N–H and O–H groups in total. The number of halogens is 1. The van der Waals surface area contributed by atoms with Crippen LogP contribution in [0.4, 0.5) is 0 Å². The number of hydrogen-bond acceptors (Lipinski definition) is 1. The predicted octanol–water partition coefficient (Wildman–Crippen LogP) is 3.82. The van der Waals surface area contributed by atoms with Gasteiger partial charge in [-0.05, 0) is 18.1 Å². The fraction of sp³-hybridized carbons (Fsp3) is 0.0714. The van der Waals surface area contributed by atoms with E-state index in [1.54, 1.807) is 6.08 Å². The molecule has 0 bridgehead atoms. The van der Waals surface area contributed by atoms with E-state index in [9.17, 15) is 4.79 Å². The number of hydrogen-bond donors (Lipinski definition) is 0. The Hall–Kier alpha value is -1.41. The molecule has 0 amide bonds. The molecule has 0 spiro atoms. The molecular weight excluding hydrogens is 264 g/mol. The minimum absolute atomic E-state index is 0.00227. The molecular formula is C14H11BrO. The average molecular weight is 275 g/mol. The zero-order valence-electron chi connectivity index (χ0n) is 8.74. The Morgan fingerprint density at radius 2 is 1.94 bits per heavy atom. The van der Waals surface area contributed by atoms with E-state index in [1.165, 1.54) is 0 Å². The average Bonchev–Trinajstić information content (AvgIpc) is 2.36. The third kappa shape index (κ3) is 2.22. The fourth-order valence-electron chi connectivity index (χ4n) is 1.62. The molecule has 0 unspecified atom stereocenters. The highest BCUT2D eigenvalue weighted by molar-refractivity contribution is 9.11. The molecule has 0 heterocycles. The van der Waals surface area contributed by atoms with Crippen molar-refractivity contribution in [2.45, 2.75) is 6.42 Å². The number of benzene rings is 1. The first-order valence-corrected chi connectivity index (χ1v) is 5.83. The second-order valence-corrected chi connectivity index (χ2v) is 4.55. The van der Waals surface area contributed by atoms with E-state index < -0.39 is 0 Å². The quantitative estimate of drug-likeness (QED) is 0.658. The highest BCUT2D eigenvalue weighted by Gasteiger charge is 2.12. The maximum atomic E-state index is 12.1. The van der Waals surface area contributed by atoms with E-state index in [-0.39, 0.29) is 5.78 Å². The molecule has 0 saturated heterocycles. The number of fused-ring (bicyclic) bond motifs is 1. The summed E-state index contributed by atoms with van der Waals surface area (Å²) in [6.45, 7) is 3.79. The third-order valence-corrected chi connectivity index (χ3v) is 3.10. The first-order valence-electron chi connectivity index (χ1n) is 5.04. The van der Waals surface area contributed by atoms with Crippen molar-refractivity contribution in [2.24, 2.45) is 0 Å². The van der Waals surface area contributed by atoms with Crippen molar-refractivity contribution in [3.63, 3.8) is 0 Å². The van der Waals surface area contributed by atoms with Crippen LogP contribution in [0.25, 0.3) is 0 Å². The molecule has 1 aromatic rings. The minimum Gasteiger partial charge on any atom is -0.289 e. The normalized spacial score (nSPS) is 21.2. The largest absolute Gasteiger partial charge is 0.289 e. The van der Waals surface area contributed by atoms with E-state index in [4.69, 9.17) is 0 Å². The van der Waals surface area contributed by atoms with Crippen molar-refractivity contribution in [3.8, 4) is 0 Å². The summed E-state index contributed by atoms with van der Waals surface area (Å²) in [7, 11) is 0. The van der Waals surface area contributed by atoms with Gasteiger partial charge in [-0.15, -0.1) is 0 Å². The van der Waals surface area contributed by atoms with Gasteiger partial charge in [-0.3, -0.25) is 4.79 Å². The number of ketones is 1. The molecule has 1 aliphatic rings. The van der Waals surface area contributed by atoms with Gasteiger partial charge in [0.1, 0.15) is 0 Å². The SMILES string of the molecule is C=C1/C=C\C(Br)=C/Cc2ccccc2C1=O. The smallest absolute Gasteiger partial charge is 0.192 e. The molecule has 0 atom stereocenters. The van der Waals surface area contributed by atoms with Crippen LogP contribution in [0, 0.1) is 0 Å². The van der Waals surface area contributed by atoms with Crippen LogP contribution in [0.2, 0.25) is 0 Å². The number of rotatable bonds is 0. The highest BCUT2D eigenvalue weighted by atomic mass is 79.9. The summed E-state index contributed by atoms with van der Waals surface area (Å²) in [6.07, 6.45) is 6.39. The van der Waals surface area contributed by atoms with Gasteiger partial charge in [0.05, 0.1) is 0 Å². The number of allylic oxidation sites excluding steroid dienone is 5. The Labute approximate surface area is 103 Å². The first kappa shape index (κ1) is 11.1. The number of carbonyl (C=O) groups is 1. The lowest BCUT2D eigenvalue weighted by Crippen LogP contribution is -2.04. The van der Waals surface area contributed by atoms with Gasteiger partial charge in [0.2, 0.25) is 0 Å². The maximum Gasteiger partial charge on any atom is 0.192 e. The van der Waals surface area contributed by atoms with Crippen molar-refractivity contribution >= 4 is 21.7 Å². The molecule has 0 saturated carbocycles. The summed E-state index contributed by atoms with van der Waals surface area (Å²) in [5.41, 5.74) is 2.30. The molecule has 0 aliphatic heterocycles. The number of Topliss-reactive ketones (excluding diaryl/α,β-unsaturated/α-hetero) is 1. The summed E-state index contributed by atoms with van der Waals surface area (Å²) in [6, 6.07) is 7.65. The third-order valence-electron chi connectivity index (χ3n) is 2.51. The van der Waals surface area contributed by atoms with Gasteiger partial charge in [0.15, 0.2) is 5.78 Å². The Morgan fingerprint density at radius 3 is 2.75 bits per heavy atom. The minimum atomic E-state index is 0.00227. The molecule has 80 valence electrons. The van der Waals surface area contributed by atoms with Gasteiger partial charge in [0, 0.05) is 15.6 Å². The lowest BCUT2D eigenvalue weighted by atomic mass is 9.98. The van der Waals surface area contributed by atoms with Crippen LogP contribution in [-0.2, 0) is 6.42 Å². The van der Waals surface area contributed by atoms with Crippen molar-refractivity contribution < 1.29 is 4.79 Å². The summed E-state index contributed by atoms with van der Waals surface area (Å²) in [5.74, 6) is 0.00227. The molecule has 16 heavy (non-hydrogen) atoms. The second-order valence-electron chi connectivity index (χ2n) is 3.64. The molecule has 0 aromatic heterocycles. The van der Waals surface area contributed by atoms with Gasteiger partial charge in [0.25, 0.3) is 0 Å². The molecule has 2 heteroatoms. The van der Waals surface area contributed by atoms with E-state index in [1.807, 2.05) is 36.4 Å². The number of carbonyl (C=O) groups excluding carboxylic acids is 1. The Morgan fingerprint density at radius 1 is 1.19 bits per heavy atom. The summed E-state index contributed by atoms with van der Waals surface area (Å²) in [5, 5.41) is 0. The molecule has 1 aliphatic carbocycles. The van der Waals surface area contributed by atoms with Crippen LogP contribution in [-0.4, -0.2) is 5.78 Å². The van der Waals surface area contributed by atoms with Gasteiger partial charge in [-0.1, -0.05) is 58.9 Å². The summed E-state index contributed by atoms with van der Waals surface area (Å²) >= 11 is 3.43. The van der Waals surface area contributed by atoms with Gasteiger partial charge >= 0.3 is 0 Å². The fourth-order valence-corrected chi connectivity index (χ4v) is 1.92. The topological polar surface area (TPSA) is 17.1 Å². The molecule has 0 radical (unpaired) electrons. The Balaban J connectivity index is 2.55. The molecule has 1 nitrogen and oxygen atoms in total. The molecule has 0 fully saturated rings. The molecule has 1 aromatic carbocycles. The van der Waals surface area contributed by atoms with Gasteiger partial charge in [-0.25, -0.2) is 0 Å². The predicted molar refractivity (Wildman–Crippen MR) is 69.8 cm³/mol. The van der Waals surface area contributed by atoms with Crippen LogP contribution in [0.3, 0.4) is 0 Å². The van der Waals surface area contributed by atoms with Crippen molar-refractivity contribution in [2.75, 3.05) is 0 Å². The summed E-state index contributed by atoms with van der Waals surface area (Å²) < 4.78 is 0.971. The maximum absolute atomic E-state index is 12.1. The van der Waals surface area contributed by atoms with Crippen molar-refractivity contribution in [1.29, 1.82) is 0 Å². The lowest BCUT2D eigenvalue weighted by molar-refractivity contribution is 0.103. The summed E-state index contributed by atoms with van der Waals surface area (Å²) in [4.78, 5) is 12.1. The molecule has 2 rings (SSSR count). The van der Waals surface area contributed by atoms with Crippen LogP contribution < -0.4 is 0 Å².